The molecule has 3 aromatic rings. The molecular weight excluding hydrogens is 406 g/mol. The van der Waals surface area contributed by atoms with Gasteiger partial charge in [0.1, 0.15) is 11.5 Å². The van der Waals surface area contributed by atoms with E-state index in [0.29, 0.717) is 43.2 Å². The lowest BCUT2D eigenvalue weighted by atomic mass is 10.2. The van der Waals surface area contributed by atoms with Crippen LogP contribution in [0.4, 0.5) is 0 Å². The van der Waals surface area contributed by atoms with Crippen molar-refractivity contribution in [3.05, 3.63) is 60.0 Å². The van der Waals surface area contributed by atoms with Crippen molar-refractivity contribution >= 4 is 11.8 Å². The first-order chi connectivity index (χ1) is 15.4. The first-order valence-electron chi connectivity index (χ1n) is 10.9. The Labute approximate surface area is 188 Å². The molecule has 1 aliphatic rings. The molecule has 1 fully saturated rings. The lowest BCUT2D eigenvalue weighted by molar-refractivity contribution is -0.129. The molecule has 0 N–H and O–H groups in total. The van der Waals surface area contributed by atoms with Gasteiger partial charge in [-0.05, 0) is 37.6 Å². The van der Waals surface area contributed by atoms with Crippen molar-refractivity contribution in [1.82, 2.24) is 24.5 Å². The highest BCUT2D eigenvalue weighted by Crippen LogP contribution is 2.27. The topological polar surface area (TPSA) is 74.8 Å². The molecule has 1 aliphatic heterocycles. The van der Waals surface area contributed by atoms with Gasteiger partial charge >= 0.3 is 0 Å². The van der Waals surface area contributed by atoms with E-state index in [1.54, 1.807) is 29.9 Å². The van der Waals surface area contributed by atoms with E-state index in [0.717, 1.165) is 24.4 Å². The molecule has 3 heterocycles. The number of rotatable bonds is 5. The summed E-state index contributed by atoms with van der Waals surface area (Å²) in [5, 5.41) is 4.69. The number of likely N-dealkylation sites (N-methyl/N-ethyl adjacent to an activating group) is 1. The van der Waals surface area contributed by atoms with Crippen LogP contribution in [0.25, 0.3) is 17.1 Å². The normalized spacial score (nSPS) is 14.9. The van der Waals surface area contributed by atoms with Crippen molar-refractivity contribution in [2.24, 2.45) is 0 Å². The molecule has 8 heteroatoms. The Morgan fingerprint density at radius 1 is 1.03 bits per heavy atom. The molecule has 0 spiro atoms. The maximum Gasteiger partial charge on any atom is 0.257 e. The quantitative estimate of drug-likeness (QED) is 0.616. The van der Waals surface area contributed by atoms with Crippen LogP contribution in [0, 0.1) is 6.92 Å². The molecule has 1 saturated heterocycles. The number of carbonyl (C=O) groups is 2. The van der Waals surface area contributed by atoms with E-state index in [1.165, 1.54) is 0 Å². The summed E-state index contributed by atoms with van der Waals surface area (Å²) in [6.45, 7) is 4.89. The van der Waals surface area contributed by atoms with E-state index in [2.05, 4.69) is 4.90 Å². The van der Waals surface area contributed by atoms with Crippen molar-refractivity contribution in [3.63, 3.8) is 0 Å². The number of furan rings is 1. The van der Waals surface area contributed by atoms with Gasteiger partial charge in [0.15, 0.2) is 5.76 Å². The minimum Gasteiger partial charge on any atom is -0.460 e. The number of aromatic nitrogens is 2. The SMILES string of the molecule is Cc1ccc(-c2nn(-c3ccccc3)cc2C(=O)N2CCCN(CC(=O)N(C)C)CC2)o1. The van der Waals surface area contributed by atoms with Crippen LogP contribution in [0.3, 0.4) is 0 Å². The predicted octanol–water partition coefficient (Wildman–Crippen LogP) is 2.68. The largest absolute Gasteiger partial charge is 0.460 e. The average molecular weight is 436 g/mol. The monoisotopic (exact) mass is 435 g/mol. The van der Waals surface area contributed by atoms with Crippen molar-refractivity contribution in [2.45, 2.75) is 13.3 Å². The number of hydrogen-bond acceptors (Lipinski definition) is 5. The van der Waals surface area contributed by atoms with E-state index in [4.69, 9.17) is 9.52 Å². The molecule has 0 atom stereocenters. The van der Waals surface area contributed by atoms with Gasteiger partial charge in [-0.2, -0.15) is 5.10 Å². The van der Waals surface area contributed by atoms with E-state index in [9.17, 15) is 9.59 Å². The fraction of sp³-hybridized carbons (Fsp3) is 0.375. The Morgan fingerprint density at radius 2 is 1.81 bits per heavy atom. The van der Waals surface area contributed by atoms with Crippen LogP contribution in [0.5, 0.6) is 0 Å². The number of hydrogen-bond donors (Lipinski definition) is 0. The molecule has 8 nitrogen and oxygen atoms in total. The van der Waals surface area contributed by atoms with E-state index in [1.807, 2.05) is 54.3 Å². The highest BCUT2D eigenvalue weighted by atomic mass is 16.3. The zero-order chi connectivity index (χ0) is 22.7. The predicted molar refractivity (Wildman–Crippen MR) is 122 cm³/mol. The fourth-order valence-electron chi connectivity index (χ4n) is 3.82. The second kappa shape index (κ2) is 9.40. The highest BCUT2D eigenvalue weighted by Gasteiger charge is 2.27. The van der Waals surface area contributed by atoms with E-state index < -0.39 is 0 Å². The van der Waals surface area contributed by atoms with Crippen molar-refractivity contribution in [2.75, 3.05) is 46.8 Å². The van der Waals surface area contributed by atoms with Crippen LogP contribution in [0.1, 0.15) is 22.5 Å². The maximum absolute atomic E-state index is 13.6. The molecule has 4 rings (SSSR count). The van der Waals surface area contributed by atoms with Gasteiger partial charge in [0.2, 0.25) is 5.91 Å². The number of aryl methyl sites for hydroxylation is 1. The highest BCUT2D eigenvalue weighted by molar-refractivity contribution is 5.99. The summed E-state index contributed by atoms with van der Waals surface area (Å²) in [5.41, 5.74) is 1.93. The van der Waals surface area contributed by atoms with Crippen molar-refractivity contribution in [1.29, 1.82) is 0 Å². The van der Waals surface area contributed by atoms with Crippen molar-refractivity contribution in [3.8, 4) is 17.1 Å². The zero-order valence-corrected chi connectivity index (χ0v) is 18.8. The molecule has 32 heavy (non-hydrogen) atoms. The number of carbonyl (C=O) groups excluding carboxylic acids is 2. The van der Waals surface area contributed by atoms with Gasteiger partial charge in [-0.15, -0.1) is 0 Å². The number of nitrogens with zero attached hydrogens (tertiary/aromatic N) is 5. The van der Waals surface area contributed by atoms with Crippen LogP contribution in [-0.4, -0.2) is 83.1 Å². The van der Waals surface area contributed by atoms with Gasteiger partial charge in [-0.1, -0.05) is 18.2 Å². The molecule has 0 saturated carbocycles. The summed E-state index contributed by atoms with van der Waals surface area (Å²) in [7, 11) is 3.52. The summed E-state index contributed by atoms with van der Waals surface area (Å²) >= 11 is 0. The minimum atomic E-state index is -0.0722. The van der Waals surface area contributed by atoms with Gasteiger partial charge in [0.05, 0.1) is 17.8 Å². The van der Waals surface area contributed by atoms with Gasteiger partial charge in [0, 0.05) is 46.5 Å². The Morgan fingerprint density at radius 3 is 2.50 bits per heavy atom. The van der Waals surface area contributed by atoms with Crippen LogP contribution in [-0.2, 0) is 4.79 Å². The summed E-state index contributed by atoms with van der Waals surface area (Å²) in [5.74, 6) is 1.35. The molecular formula is C24H29N5O3. The number of para-hydroxylation sites is 1. The molecule has 0 aliphatic carbocycles. The Bertz CT molecular complexity index is 1090. The third-order valence-electron chi connectivity index (χ3n) is 5.67. The van der Waals surface area contributed by atoms with Crippen LogP contribution in [0.2, 0.25) is 0 Å². The van der Waals surface area contributed by atoms with Gasteiger partial charge in [-0.25, -0.2) is 4.68 Å². The molecule has 168 valence electrons. The third kappa shape index (κ3) is 4.75. The van der Waals surface area contributed by atoms with Crippen molar-refractivity contribution < 1.29 is 14.0 Å². The second-order valence-electron chi connectivity index (χ2n) is 8.29. The summed E-state index contributed by atoms with van der Waals surface area (Å²) in [6.07, 6.45) is 2.59. The maximum atomic E-state index is 13.6. The third-order valence-corrected chi connectivity index (χ3v) is 5.67. The molecule has 1 aromatic carbocycles. The van der Waals surface area contributed by atoms with Crippen LogP contribution >= 0.6 is 0 Å². The second-order valence-corrected chi connectivity index (χ2v) is 8.29. The number of amides is 2. The summed E-state index contributed by atoms with van der Waals surface area (Å²) < 4.78 is 7.53. The first kappa shape index (κ1) is 21.8. The smallest absolute Gasteiger partial charge is 0.257 e. The van der Waals surface area contributed by atoms with Crippen LogP contribution in [0.15, 0.2) is 53.1 Å². The lowest BCUT2D eigenvalue weighted by Gasteiger charge is -2.22. The molecule has 2 amide bonds. The van der Waals surface area contributed by atoms with Gasteiger partial charge < -0.3 is 14.2 Å². The van der Waals surface area contributed by atoms with E-state index in [-0.39, 0.29) is 11.8 Å². The first-order valence-corrected chi connectivity index (χ1v) is 10.9. The zero-order valence-electron chi connectivity index (χ0n) is 18.8. The molecule has 0 bridgehead atoms. The van der Waals surface area contributed by atoms with E-state index >= 15 is 0 Å². The summed E-state index contributed by atoms with van der Waals surface area (Å²) in [6, 6.07) is 13.4. The lowest BCUT2D eigenvalue weighted by Crippen LogP contribution is -2.39. The Hall–Kier alpha value is -3.39. The Kier molecular flexibility index (Phi) is 6.41. The van der Waals surface area contributed by atoms with Gasteiger partial charge in [-0.3, -0.25) is 14.5 Å². The van der Waals surface area contributed by atoms with Gasteiger partial charge in [0.25, 0.3) is 5.91 Å². The van der Waals surface area contributed by atoms with Crippen LogP contribution < -0.4 is 0 Å². The molecule has 0 radical (unpaired) electrons. The average Bonchev–Trinajstić information content (AvgIpc) is 3.35. The summed E-state index contributed by atoms with van der Waals surface area (Å²) in [4.78, 5) is 31.2. The number of benzene rings is 1. The Balaban J connectivity index is 1.58. The molecule has 2 aromatic heterocycles. The minimum absolute atomic E-state index is 0.0722. The fourth-order valence-corrected chi connectivity index (χ4v) is 3.82. The molecule has 0 unspecified atom stereocenters. The standard InChI is InChI=1S/C24H29N5O3/c1-18-10-11-21(32-18)23-20(16-29(25-23)19-8-5-4-6-9-19)24(31)28-13-7-12-27(14-15-28)17-22(30)26(2)3/h4-6,8-11,16H,7,12-15,17H2,1-3H3.